The van der Waals surface area contributed by atoms with Crippen LogP contribution in [0.4, 0.5) is 5.69 Å². The average Bonchev–Trinajstić information content (AvgIpc) is 3.06. The fraction of sp³-hybridized carbons (Fsp3) is 0.278. The maximum atomic E-state index is 11.4. The maximum Gasteiger partial charge on any atom is 0.356 e. The molecule has 1 aliphatic rings. The van der Waals surface area contributed by atoms with Crippen molar-refractivity contribution in [3.63, 3.8) is 0 Å². The van der Waals surface area contributed by atoms with Crippen molar-refractivity contribution in [3.8, 4) is 5.75 Å². The Morgan fingerprint density at radius 2 is 2.12 bits per heavy atom. The molecule has 1 aliphatic heterocycles. The number of hydrogen-bond acceptors (Lipinski definition) is 5. The van der Waals surface area contributed by atoms with E-state index in [9.17, 15) is 9.90 Å². The van der Waals surface area contributed by atoms with Crippen molar-refractivity contribution in [1.82, 2.24) is 14.6 Å². The zero-order chi connectivity index (χ0) is 18.3. The Bertz CT molecular complexity index is 984. The molecule has 0 bridgehead atoms. The minimum Gasteiger partial charge on any atom is -0.497 e. The van der Waals surface area contributed by atoms with Gasteiger partial charge in [0, 0.05) is 18.7 Å². The highest BCUT2D eigenvalue weighted by atomic mass is 35.5. The first-order valence-electron chi connectivity index (χ1n) is 8.25. The highest BCUT2D eigenvalue weighted by Crippen LogP contribution is 2.36. The fourth-order valence-electron chi connectivity index (χ4n) is 3.36. The molecule has 0 fully saturated rings. The molecule has 3 aromatic rings. The van der Waals surface area contributed by atoms with Crippen LogP contribution < -0.4 is 9.64 Å². The number of nitrogens with zero attached hydrogens (tertiary/aromatic N) is 4. The number of rotatable bonds is 4. The van der Waals surface area contributed by atoms with Gasteiger partial charge in [-0.3, -0.25) is 0 Å². The summed E-state index contributed by atoms with van der Waals surface area (Å²) in [5.41, 5.74) is 3.42. The zero-order valence-electron chi connectivity index (χ0n) is 14.1. The third-order valence-electron chi connectivity index (χ3n) is 4.60. The first kappa shape index (κ1) is 16.7. The molecule has 7 nitrogen and oxygen atoms in total. The van der Waals surface area contributed by atoms with Crippen LogP contribution in [0.2, 0.25) is 5.15 Å². The van der Waals surface area contributed by atoms with Gasteiger partial charge in [0.05, 0.1) is 19.0 Å². The summed E-state index contributed by atoms with van der Waals surface area (Å²) in [5.74, 6) is -0.277. The Kier molecular flexibility index (Phi) is 4.16. The number of benzene rings is 1. The lowest BCUT2D eigenvalue weighted by Gasteiger charge is -2.31. The maximum absolute atomic E-state index is 11.4. The van der Waals surface area contributed by atoms with E-state index in [1.807, 2.05) is 24.3 Å². The molecule has 0 aliphatic carbocycles. The molecule has 8 heteroatoms. The lowest BCUT2D eigenvalue weighted by molar-refractivity contribution is 0.0688. The number of aromatic nitrogens is 3. The summed E-state index contributed by atoms with van der Waals surface area (Å²) in [7, 11) is 1.64. The molecule has 4 rings (SSSR count). The normalized spacial score (nSPS) is 13.7. The average molecular weight is 373 g/mol. The van der Waals surface area contributed by atoms with E-state index in [1.54, 1.807) is 7.11 Å². The Balaban J connectivity index is 1.79. The summed E-state index contributed by atoms with van der Waals surface area (Å²) in [6, 6.07) is 7.88. The Hall–Kier alpha value is -2.80. The first-order chi connectivity index (χ1) is 12.6. The molecule has 0 saturated heterocycles. The van der Waals surface area contributed by atoms with Gasteiger partial charge in [-0.2, -0.15) is 5.10 Å². The van der Waals surface area contributed by atoms with E-state index in [2.05, 4.69) is 15.0 Å². The summed E-state index contributed by atoms with van der Waals surface area (Å²) in [5, 5.41) is 13.9. The van der Waals surface area contributed by atoms with Crippen molar-refractivity contribution in [2.75, 3.05) is 18.6 Å². The van der Waals surface area contributed by atoms with E-state index in [4.69, 9.17) is 16.3 Å². The van der Waals surface area contributed by atoms with E-state index in [1.165, 1.54) is 10.7 Å². The fourth-order valence-corrected chi connectivity index (χ4v) is 3.62. The second-order valence-corrected chi connectivity index (χ2v) is 6.53. The van der Waals surface area contributed by atoms with Gasteiger partial charge in [0.25, 0.3) is 0 Å². The number of imidazole rings is 1. The van der Waals surface area contributed by atoms with Crippen LogP contribution in [0.5, 0.6) is 5.75 Å². The topological polar surface area (TPSA) is 80.0 Å². The minimum atomic E-state index is -1.08. The van der Waals surface area contributed by atoms with Crippen LogP contribution in [0.1, 0.15) is 28.0 Å². The van der Waals surface area contributed by atoms with Gasteiger partial charge in [-0.1, -0.05) is 23.7 Å². The SMILES string of the molecule is COc1ccc(CN2CCCc3c(Cl)nn4c(C(=O)O)cnc4c32)cc1. The van der Waals surface area contributed by atoms with Gasteiger partial charge >= 0.3 is 5.97 Å². The molecule has 3 heterocycles. The molecule has 0 spiro atoms. The quantitative estimate of drug-likeness (QED) is 0.758. The number of aromatic carboxylic acids is 1. The van der Waals surface area contributed by atoms with Gasteiger partial charge in [0.15, 0.2) is 16.5 Å². The summed E-state index contributed by atoms with van der Waals surface area (Å²) < 4.78 is 6.52. The molecule has 1 aromatic carbocycles. The van der Waals surface area contributed by atoms with Crippen molar-refractivity contribution in [1.29, 1.82) is 0 Å². The number of ether oxygens (including phenoxy) is 1. The predicted molar refractivity (Wildman–Crippen MR) is 97.3 cm³/mol. The van der Waals surface area contributed by atoms with E-state index in [0.29, 0.717) is 17.3 Å². The van der Waals surface area contributed by atoms with Gasteiger partial charge in [-0.05, 0) is 30.5 Å². The summed E-state index contributed by atoms with van der Waals surface area (Å²) in [4.78, 5) is 17.9. The van der Waals surface area contributed by atoms with Crippen LogP contribution in [0.3, 0.4) is 0 Å². The minimum absolute atomic E-state index is 0.000305. The monoisotopic (exact) mass is 372 g/mol. The highest BCUT2D eigenvalue weighted by Gasteiger charge is 2.26. The Labute approximate surface area is 154 Å². The highest BCUT2D eigenvalue weighted by molar-refractivity contribution is 6.30. The number of carboxylic acid groups (broad SMARTS) is 1. The lowest BCUT2D eigenvalue weighted by Crippen LogP contribution is -2.30. The van der Waals surface area contributed by atoms with Gasteiger partial charge < -0.3 is 14.7 Å². The smallest absolute Gasteiger partial charge is 0.356 e. The van der Waals surface area contributed by atoms with Gasteiger partial charge in [-0.15, -0.1) is 0 Å². The first-order valence-corrected chi connectivity index (χ1v) is 8.63. The number of methoxy groups -OCH3 is 1. The number of carboxylic acids is 1. The molecular formula is C18H17ClN4O3. The molecule has 0 unspecified atom stereocenters. The van der Waals surface area contributed by atoms with E-state index >= 15 is 0 Å². The molecule has 134 valence electrons. The number of halogens is 1. The van der Waals surface area contributed by atoms with E-state index in [-0.39, 0.29) is 5.69 Å². The van der Waals surface area contributed by atoms with Gasteiger partial charge in [0.2, 0.25) is 0 Å². The molecule has 0 amide bonds. The zero-order valence-corrected chi connectivity index (χ0v) is 14.9. The van der Waals surface area contributed by atoms with Crippen LogP contribution >= 0.6 is 11.6 Å². The third-order valence-corrected chi connectivity index (χ3v) is 4.90. The molecule has 0 atom stereocenters. The summed E-state index contributed by atoms with van der Waals surface area (Å²) in [6.07, 6.45) is 3.07. The number of hydrogen-bond donors (Lipinski definition) is 1. The number of anilines is 1. The molecule has 2 aromatic heterocycles. The van der Waals surface area contributed by atoms with Crippen molar-refractivity contribution >= 4 is 28.9 Å². The van der Waals surface area contributed by atoms with Crippen LogP contribution in [0.25, 0.3) is 5.65 Å². The van der Waals surface area contributed by atoms with Gasteiger partial charge in [-0.25, -0.2) is 14.3 Å². The molecule has 1 N–H and O–H groups in total. The van der Waals surface area contributed by atoms with Crippen LogP contribution in [0, 0.1) is 0 Å². The van der Waals surface area contributed by atoms with Crippen molar-refractivity contribution in [3.05, 3.63) is 52.4 Å². The third kappa shape index (κ3) is 2.74. The molecule has 0 saturated carbocycles. The standard InChI is InChI=1S/C18H17ClN4O3/c1-26-12-6-4-11(5-7-12)10-22-8-2-3-13-15(22)17-20-9-14(18(24)25)23(17)21-16(13)19/h4-7,9H,2-3,8,10H2,1H3,(H,24,25). The predicted octanol–water partition coefficient (Wildman–Crippen LogP) is 3.04. The number of fused-ring (bicyclic) bond motifs is 3. The van der Waals surface area contributed by atoms with E-state index < -0.39 is 5.97 Å². The van der Waals surface area contributed by atoms with Crippen molar-refractivity contribution < 1.29 is 14.6 Å². The Morgan fingerprint density at radius 3 is 2.81 bits per heavy atom. The van der Waals surface area contributed by atoms with E-state index in [0.717, 1.165) is 42.0 Å². The summed E-state index contributed by atoms with van der Waals surface area (Å²) >= 11 is 6.37. The second-order valence-electron chi connectivity index (χ2n) is 6.18. The van der Waals surface area contributed by atoms with Gasteiger partial charge in [0.1, 0.15) is 5.75 Å². The molecule has 0 radical (unpaired) electrons. The van der Waals surface area contributed by atoms with Crippen molar-refractivity contribution in [2.45, 2.75) is 19.4 Å². The van der Waals surface area contributed by atoms with Crippen LogP contribution in [0.15, 0.2) is 30.5 Å². The Morgan fingerprint density at radius 1 is 1.35 bits per heavy atom. The largest absolute Gasteiger partial charge is 0.497 e. The molecule has 26 heavy (non-hydrogen) atoms. The number of carbonyl (C=O) groups is 1. The lowest BCUT2D eigenvalue weighted by atomic mass is 10.0. The van der Waals surface area contributed by atoms with Crippen LogP contribution in [-0.2, 0) is 13.0 Å². The second kappa shape index (κ2) is 6.49. The van der Waals surface area contributed by atoms with Crippen LogP contribution in [-0.4, -0.2) is 39.3 Å². The molecular weight excluding hydrogens is 356 g/mol. The van der Waals surface area contributed by atoms with Crippen molar-refractivity contribution in [2.24, 2.45) is 0 Å². The summed E-state index contributed by atoms with van der Waals surface area (Å²) in [6.45, 7) is 1.51.